The molecule has 0 bridgehead atoms. The van der Waals surface area contributed by atoms with E-state index in [0.29, 0.717) is 17.5 Å². The van der Waals surface area contributed by atoms with Crippen LogP contribution in [-0.4, -0.2) is 26.6 Å². The zero-order valence-electron chi connectivity index (χ0n) is 10.8. The highest BCUT2D eigenvalue weighted by molar-refractivity contribution is 5.96. The lowest BCUT2D eigenvalue weighted by Crippen LogP contribution is -2.39. The number of anilines is 1. The molecule has 8 nitrogen and oxygen atoms in total. The molecule has 0 radical (unpaired) electrons. The summed E-state index contributed by atoms with van der Waals surface area (Å²) in [4.78, 5) is 27.8. The van der Waals surface area contributed by atoms with Crippen LogP contribution in [0, 0.1) is 6.92 Å². The van der Waals surface area contributed by atoms with Crippen LogP contribution in [0.3, 0.4) is 0 Å². The molecule has 104 valence electrons. The predicted octanol–water partition coefficient (Wildman–Crippen LogP) is 0.379. The molecule has 2 N–H and O–H groups in total. The van der Waals surface area contributed by atoms with E-state index in [-0.39, 0.29) is 24.8 Å². The number of aromatic nitrogens is 3. The molecule has 2 aromatic heterocycles. The Morgan fingerprint density at radius 2 is 2.50 bits per heavy atom. The standard InChI is InChI=1S/C12H13N5O3/c1-7-14-12-15-10(18)5-9(17(12)16-7)11(19)13-6-8-3-2-4-20-8/h2-4,9H,5-6H2,1H3,(H,13,19)(H,14,15,16,18). The number of carbonyl (C=O) groups excluding carboxylic acids is 2. The fourth-order valence-corrected chi connectivity index (χ4v) is 2.08. The van der Waals surface area contributed by atoms with Crippen molar-refractivity contribution in [1.82, 2.24) is 20.1 Å². The maximum absolute atomic E-state index is 12.2. The quantitative estimate of drug-likeness (QED) is 0.843. The van der Waals surface area contributed by atoms with E-state index in [9.17, 15) is 9.59 Å². The van der Waals surface area contributed by atoms with E-state index in [1.165, 1.54) is 10.9 Å². The van der Waals surface area contributed by atoms with Crippen LogP contribution in [0.2, 0.25) is 0 Å². The van der Waals surface area contributed by atoms with Crippen LogP contribution in [0.15, 0.2) is 22.8 Å². The van der Waals surface area contributed by atoms with Crippen molar-refractivity contribution in [2.24, 2.45) is 0 Å². The van der Waals surface area contributed by atoms with Crippen molar-refractivity contribution >= 4 is 17.8 Å². The van der Waals surface area contributed by atoms with Crippen LogP contribution in [-0.2, 0) is 16.1 Å². The van der Waals surface area contributed by atoms with E-state index in [0.717, 1.165) is 0 Å². The van der Waals surface area contributed by atoms with Gasteiger partial charge in [0.25, 0.3) is 0 Å². The van der Waals surface area contributed by atoms with Gasteiger partial charge >= 0.3 is 0 Å². The summed E-state index contributed by atoms with van der Waals surface area (Å²) in [5.41, 5.74) is 0. The van der Waals surface area contributed by atoms with Crippen LogP contribution in [0.25, 0.3) is 0 Å². The number of nitrogens with zero attached hydrogens (tertiary/aromatic N) is 3. The Balaban J connectivity index is 1.75. The first-order valence-electron chi connectivity index (χ1n) is 6.16. The van der Waals surface area contributed by atoms with Gasteiger partial charge < -0.3 is 9.73 Å². The van der Waals surface area contributed by atoms with Crippen LogP contribution < -0.4 is 10.6 Å². The molecule has 0 saturated carbocycles. The van der Waals surface area contributed by atoms with E-state index in [1.807, 2.05) is 0 Å². The van der Waals surface area contributed by atoms with Crippen molar-refractivity contribution in [1.29, 1.82) is 0 Å². The highest BCUT2D eigenvalue weighted by Crippen LogP contribution is 2.22. The number of hydrogen-bond acceptors (Lipinski definition) is 5. The lowest BCUT2D eigenvalue weighted by Gasteiger charge is -2.22. The molecule has 20 heavy (non-hydrogen) atoms. The minimum absolute atomic E-state index is 0.0415. The second kappa shape index (κ2) is 4.80. The van der Waals surface area contributed by atoms with Crippen molar-refractivity contribution in [2.75, 3.05) is 5.32 Å². The SMILES string of the molecule is Cc1nc2n(n1)C(C(=O)NCc1ccco1)CC(=O)N2. The molecule has 0 fully saturated rings. The van der Waals surface area contributed by atoms with Gasteiger partial charge in [0, 0.05) is 0 Å². The van der Waals surface area contributed by atoms with Crippen LogP contribution in [0.4, 0.5) is 5.95 Å². The summed E-state index contributed by atoms with van der Waals surface area (Å²) in [6, 6.07) is 2.82. The summed E-state index contributed by atoms with van der Waals surface area (Å²) < 4.78 is 6.58. The molecule has 2 aromatic rings. The zero-order valence-corrected chi connectivity index (χ0v) is 10.8. The van der Waals surface area contributed by atoms with Crippen molar-refractivity contribution in [2.45, 2.75) is 25.9 Å². The Labute approximate surface area is 114 Å². The summed E-state index contributed by atoms with van der Waals surface area (Å²) in [7, 11) is 0. The third-order valence-corrected chi connectivity index (χ3v) is 2.98. The van der Waals surface area contributed by atoms with Gasteiger partial charge in [-0.15, -0.1) is 0 Å². The number of furan rings is 1. The monoisotopic (exact) mass is 275 g/mol. The molecule has 0 aliphatic carbocycles. The van der Waals surface area contributed by atoms with Gasteiger partial charge in [-0.3, -0.25) is 14.9 Å². The maximum Gasteiger partial charge on any atom is 0.245 e. The van der Waals surface area contributed by atoms with Crippen molar-refractivity contribution in [3.05, 3.63) is 30.0 Å². The molecule has 1 aliphatic rings. The minimum Gasteiger partial charge on any atom is -0.467 e. The Morgan fingerprint density at radius 1 is 1.65 bits per heavy atom. The van der Waals surface area contributed by atoms with Crippen LogP contribution in [0.5, 0.6) is 0 Å². The Hall–Kier alpha value is -2.64. The Morgan fingerprint density at radius 3 is 3.25 bits per heavy atom. The van der Waals surface area contributed by atoms with E-state index in [4.69, 9.17) is 4.42 Å². The molecule has 1 atom stereocenters. The number of fused-ring (bicyclic) bond motifs is 1. The number of hydrogen-bond donors (Lipinski definition) is 2. The molecule has 8 heteroatoms. The van der Waals surface area contributed by atoms with Gasteiger partial charge in [-0.05, 0) is 19.1 Å². The van der Waals surface area contributed by atoms with Gasteiger partial charge in [0.2, 0.25) is 17.8 Å². The number of amides is 2. The third kappa shape index (κ3) is 2.27. The molecule has 3 rings (SSSR count). The van der Waals surface area contributed by atoms with Crippen LogP contribution in [0.1, 0.15) is 24.0 Å². The Bertz CT molecular complexity index is 646. The molecule has 1 aliphatic heterocycles. The molecule has 2 amide bonds. The second-order valence-corrected chi connectivity index (χ2v) is 4.49. The zero-order chi connectivity index (χ0) is 14.1. The smallest absolute Gasteiger partial charge is 0.245 e. The maximum atomic E-state index is 12.2. The first kappa shape index (κ1) is 12.4. The topological polar surface area (TPSA) is 102 Å². The largest absolute Gasteiger partial charge is 0.467 e. The summed E-state index contributed by atoms with van der Waals surface area (Å²) in [5, 5.41) is 9.45. The van der Waals surface area contributed by atoms with Gasteiger partial charge in [-0.25, -0.2) is 4.68 Å². The first-order valence-corrected chi connectivity index (χ1v) is 6.16. The second-order valence-electron chi connectivity index (χ2n) is 4.49. The van der Waals surface area contributed by atoms with Crippen molar-refractivity contribution in [3.8, 4) is 0 Å². The van der Waals surface area contributed by atoms with E-state index in [1.54, 1.807) is 19.1 Å². The summed E-state index contributed by atoms with van der Waals surface area (Å²) in [6.45, 7) is 1.97. The number of nitrogens with one attached hydrogen (secondary N) is 2. The molecule has 0 spiro atoms. The van der Waals surface area contributed by atoms with Crippen LogP contribution >= 0.6 is 0 Å². The predicted molar refractivity (Wildman–Crippen MR) is 67.6 cm³/mol. The normalized spacial score (nSPS) is 17.4. The highest BCUT2D eigenvalue weighted by atomic mass is 16.3. The van der Waals surface area contributed by atoms with Gasteiger partial charge in [-0.1, -0.05) is 0 Å². The van der Waals surface area contributed by atoms with E-state index >= 15 is 0 Å². The molecule has 3 heterocycles. The molecular weight excluding hydrogens is 262 g/mol. The summed E-state index contributed by atoms with van der Waals surface area (Å²) in [5.74, 6) is 0.919. The van der Waals surface area contributed by atoms with Gasteiger partial charge in [0.05, 0.1) is 19.2 Å². The third-order valence-electron chi connectivity index (χ3n) is 2.98. The first-order chi connectivity index (χ1) is 9.63. The number of rotatable bonds is 3. The molecular formula is C12H13N5O3. The van der Waals surface area contributed by atoms with Gasteiger partial charge in [-0.2, -0.15) is 10.1 Å². The van der Waals surface area contributed by atoms with Gasteiger partial charge in [0.15, 0.2) is 0 Å². The number of carbonyl (C=O) groups is 2. The van der Waals surface area contributed by atoms with Crippen molar-refractivity contribution < 1.29 is 14.0 Å². The fraction of sp³-hybridized carbons (Fsp3) is 0.333. The van der Waals surface area contributed by atoms with E-state index < -0.39 is 6.04 Å². The van der Waals surface area contributed by atoms with E-state index in [2.05, 4.69) is 20.7 Å². The van der Waals surface area contributed by atoms with Gasteiger partial charge in [0.1, 0.15) is 17.6 Å². The number of aryl methyl sites for hydroxylation is 1. The summed E-state index contributed by atoms with van der Waals surface area (Å²) >= 11 is 0. The van der Waals surface area contributed by atoms with Crippen molar-refractivity contribution in [3.63, 3.8) is 0 Å². The molecule has 1 unspecified atom stereocenters. The highest BCUT2D eigenvalue weighted by Gasteiger charge is 2.32. The minimum atomic E-state index is -0.685. The summed E-state index contributed by atoms with van der Waals surface area (Å²) in [6.07, 6.45) is 1.58. The lowest BCUT2D eigenvalue weighted by molar-refractivity contribution is -0.129. The molecule has 0 aromatic carbocycles. The fourth-order valence-electron chi connectivity index (χ4n) is 2.08. The molecule has 0 saturated heterocycles. The Kier molecular flexibility index (Phi) is 2.97. The average molecular weight is 275 g/mol. The lowest BCUT2D eigenvalue weighted by atomic mass is 10.1. The average Bonchev–Trinajstić information content (AvgIpc) is 3.03.